The van der Waals surface area contributed by atoms with Gasteiger partial charge >= 0.3 is 5.97 Å². The number of Topliss-reactive ketones (excluding diaryl/α,β-unsaturated/α-hetero) is 1. The lowest BCUT2D eigenvalue weighted by Crippen LogP contribution is -2.25. The van der Waals surface area contributed by atoms with Crippen LogP contribution in [0.3, 0.4) is 0 Å². The Bertz CT molecular complexity index is 484. The molecule has 0 aliphatic carbocycles. The van der Waals surface area contributed by atoms with Gasteiger partial charge in [0.25, 0.3) is 0 Å². The fraction of sp³-hybridized carbons (Fsp3) is 0.500. The number of fused-ring (bicyclic) bond motifs is 1. The molecule has 0 spiro atoms. The Labute approximate surface area is 119 Å². The summed E-state index contributed by atoms with van der Waals surface area (Å²) >= 11 is 0. The van der Waals surface area contributed by atoms with Gasteiger partial charge in [0, 0.05) is 37.2 Å². The van der Waals surface area contributed by atoms with Crippen LogP contribution in [0.5, 0.6) is 0 Å². The van der Waals surface area contributed by atoms with Gasteiger partial charge in [-0.1, -0.05) is 18.6 Å². The van der Waals surface area contributed by atoms with E-state index in [0.29, 0.717) is 6.42 Å². The number of carbonyl (C=O) groups is 2. The van der Waals surface area contributed by atoms with Crippen LogP contribution in [0, 0.1) is 0 Å². The number of para-hydroxylation sites is 1. The standard InChI is InChI=1S/C16H21NO3/c18-15-9-6-12-17(11-5-1-2-10-16(19)20)14-8-4-3-7-13(14)15/h3-4,7-8H,1-2,5-6,9-12H2,(H,19,20). The molecule has 1 N–H and O–H groups in total. The first-order chi connectivity index (χ1) is 9.68. The molecule has 108 valence electrons. The normalized spacial score (nSPS) is 14.8. The number of rotatable bonds is 6. The minimum Gasteiger partial charge on any atom is -0.481 e. The predicted octanol–water partition coefficient (Wildman–Crippen LogP) is 3.11. The van der Waals surface area contributed by atoms with Gasteiger partial charge in [0.15, 0.2) is 5.78 Å². The Morgan fingerprint density at radius 3 is 2.80 bits per heavy atom. The highest BCUT2D eigenvalue weighted by Crippen LogP contribution is 2.26. The molecule has 20 heavy (non-hydrogen) atoms. The van der Waals surface area contributed by atoms with Gasteiger partial charge in [-0.05, 0) is 31.4 Å². The second-order valence-corrected chi connectivity index (χ2v) is 5.24. The summed E-state index contributed by atoms with van der Waals surface area (Å²) in [7, 11) is 0. The fourth-order valence-corrected chi connectivity index (χ4v) is 2.66. The van der Waals surface area contributed by atoms with Crippen LogP contribution in [0.25, 0.3) is 0 Å². The highest BCUT2D eigenvalue weighted by molar-refractivity contribution is 6.01. The first-order valence-electron chi connectivity index (χ1n) is 7.27. The number of unbranched alkanes of at least 4 members (excludes halogenated alkanes) is 2. The molecule has 0 unspecified atom stereocenters. The lowest BCUT2D eigenvalue weighted by Gasteiger charge is -2.24. The van der Waals surface area contributed by atoms with Crippen LogP contribution in [0.2, 0.25) is 0 Å². The lowest BCUT2D eigenvalue weighted by atomic mass is 10.1. The zero-order valence-corrected chi connectivity index (χ0v) is 11.7. The van der Waals surface area contributed by atoms with Gasteiger partial charge in [0.2, 0.25) is 0 Å². The molecule has 2 rings (SSSR count). The minimum atomic E-state index is -0.726. The van der Waals surface area contributed by atoms with Gasteiger partial charge in [-0.3, -0.25) is 9.59 Å². The Balaban J connectivity index is 1.92. The monoisotopic (exact) mass is 275 g/mol. The van der Waals surface area contributed by atoms with Crippen LogP contribution in [0.4, 0.5) is 5.69 Å². The smallest absolute Gasteiger partial charge is 0.303 e. The molecule has 0 atom stereocenters. The van der Waals surface area contributed by atoms with Crippen LogP contribution in [-0.2, 0) is 4.79 Å². The Morgan fingerprint density at radius 1 is 1.20 bits per heavy atom. The molecule has 1 aromatic rings. The van der Waals surface area contributed by atoms with Crippen molar-refractivity contribution in [2.45, 2.75) is 38.5 Å². The van der Waals surface area contributed by atoms with Crippen LogP contribution in [0.1, 0.15) is 48.9 Å². The third-order valence-electron chi connectivity index (χ3n) is 3.70. The van der Waals surface area contributed by atoms with Crippen LogP contribution in [-0.4, -0.2) is 29.9 Å². The van der Waals surface area contributed by atoms with Crippen molar-refractivity contribution >= 4 is 17.4 Å². The number of hydrogen-bond acceptors (Lipinski definition) is 3. The molecule has 1 aliphatic rings. The molecule has 0 bridgehead atoms. The first kappa shape index (κ1) is 14.6. The van der Waals surface area contributed by atoms with E-state index in [1.807, 2.05) is 24.3 Å². The highest BCUT2D eigenvalue weighted by atomic mass is 16.4. The summed E-state index contributed by atoms with van der Waals surface area (Å²) in [6.07, 6.45) is 4.36. The van der Waals surface area contributed by atoms with E-state index in [0.717, 1.165) is 50.0 Å². The number of benzene rings is 1. The van der Waals surface area contributed by atoms with Gasteiger partial charge in [0.1, 0.15) is 0 Å². The van der Waals surface area contributed by atoms with E-state index in [1.165, 1.54) is 0 Å². The molecule has 4 nitrogen and oxygen atoms in total. The molecule has 0 radical (unpaired) electrons. The van der Waals surface area contributed by atoms with Crippen molar-refractivity contribution in [1.82, 2.24) is 0 Å². The van der Waals surface area contributed by atoms with Gasteiger partial charge in [-0.25, -0.2) is 0 Å². The molecule has 0 aromatic heterocycles. The summed E-state index contributed by atoms with van der Waals surface area (Å²) in [5, 5.41) is 8.61. The molecular formula is C16H21NO3. The summed E-state index contributed by atoms with van der Waals surface area (Å²) in [5.41, 5.74) is 1.86. The van der Waals surface area contributed by atoms with E-state index < -0.39 is 5.97 Å². The van der Waals surface area contributed by atoms with Crippen molar-refractivity contribution < 1.29 is 14.7 Å². The van der Waals surface area contributed by atoms with Crippen molar-refractivity contribution in [2.24, 2.45) is 0 Å². The molecule has 1 aromatic carbocycles. The summed E-state index contributed by atoms with van der Waals surface area (Å²) in [6, 6.07) is 7.79. The van der Waals surface area contributed by atoms with Crippen molar-refractivity contribution in [3.05, 3.63) is 29.8 Å². The largest absolute Gasteiger partial charge is 0.481 e. The minimum absolute atomic E-state index is 0.231. The zero-order chi connectivity index (χ0) is 14.4. The van der Waals surface area contributed by atoms with Gasteiger partial charge in [-0.15, -0.1) is 0 Å². The lowest BCUT2D eigenvalue weighted by molar-refractivity contribution is -0.137. The van der Waals surface area contributed by atoms with Crippen LogP contribution in [0.15, 0.2) is 24.3 Å². The average molecular weight is 275 g/mol. The zero-order valence-electron chi connectivity index (χ0n) is 11.7. The maximum atomic E-state index is 12.0. The van der Waals surface area contributed by atoms with Gasteiger partial charge in [0.05, 0.1) is 0 Å². The molecule has 0 saturated heterocycles. The number of nitrogens with zero attached hydrogens (tertiary/aromatic N) is 1. The van der Waals surface area contributed by atoms with Crippen molar-refractivity contribution in [3.8, 4) is 0 Å². The Hall–Kier alpha value is -1.84. The van der Waals surface area contributed by atoms with Crippen LogP contribution >= 0.6 is 0 Å². The first-order valence-corrected chi connectivity index (χ1v) is 7.27. The number of anilines is 1. The summed E-state index contributed by atoms with van der Waals surface area (Å²) in [4.78, 5) is 24.7. The third-order valence-corrected chi connectivity index (χ3v) is 3.70. The topological polar surface area (TPSA) is 57.6 Å². The number of hydrogen-bond donors (Lipinski definition) is 1. The van der Waals surface area contributed by atoms with Crippen molar-refractivity contribution in [1.29, 1.82) is 0 Å². The Kier molecular flexibility index (Phi) is 5.16. The number of ketones is 1. The van der Waals surface area contributed by atoms with E-state index in [9.17, 15) is 9.59 Å². The summed E-state index contributed by atoms with van der Waals surface area (Å²) < 4.78 is 0. The van der Waals surface area contributed by atoms with E-state index in [1.54, 1.807) is 0 Å². The van der Waals surface area contributed by atoms with E-state index in [2.05, 4.69) is 4.90 Å². The van der Waals surface area contributed by atoms with Crippen molar-refractivity contribution in [3.63, 3.8) is 0 Å². The maximum Gasteiger partial charge on any atom is 0.303 e. The molecule has 0 fully saturated rings. The number of aliphatic carboxylic acids is 1. The third kappa shape index (κ3) is 3.83. The number of carbonyl (C=O) groups excluding carboxylic acids is 1. The number of carboxylic acid groups (broad SMARTS) is 1. The fourth-order valence-electron chi connectivity index (χ4n) is 2.66. The molecule has 4 heteroatoms. The Morgan fingerprint density at radius 2 is 2.00 bits per heavy atom. The quantitative estimate of drug-likeness (QED) is 0.810. The van der Waals surface area contributed by atoms with E-state index >= 15 is 0 Å². The van der Waals surface area contributed by atoms with Crippen LogP contribution < -0.4 is 4.90 Å². The SMILES string of the molecule is O=C(O)CCCCCN1CCCC(=O)c2ccccc21. The average Bonchev–Trinajstić information content (AvgIpc) is 2.59. The van der Waals surface area contributed by atoms with E-state index in [4.69, 9.17) is 5.11 Å². The maximum absolute atomic E-state index is 12.0. The predicted molar refractivity (Wildman–Crippen MR) is 78.3 cm³/mol. The molecule has 1 aliphatic heterocycles. The molecular weight excluding hydrogens is 254 g/mol. The molecule has 1 heterocycles. The highest BCUT2D eigenvalue weighted by Gasteiger charge is 2.19. The van der Waals surface area contributed by atoms with Crippen molar-refractivity contribution in [2.75, 3.05) is 18.0 Å². The summed E-state index contributed by atoms with van der Waals surface area (Å²) in [5.74, 6) is -0.496. The van der Waals surface area contributed by atoms with Gasteiger partial charge < -0.3 is 10.0 Å². The second-order valence-electron chi connectivity index (χ2n) is 5.24. The number of carboxylic acids is 1. The molecule has 0 amide bonds. The van der Waals surface area contributed by atoms with E-state index in [-0.39, 0.29) is 12.2 Å². The molecule has 0 saturated carbocycles. The van der Waals surface area contributed by atoms with Gasteiger partial charge in [-0.2, -0.15) is 0 Å². The second kappa shape index (κ2) is 7.08. The summed E-state index contributed by atoms with van der Waals surface area (Å²) in [6.45, 7) is 1.80.